The van der Waals surface area contributed by atoms with Crippen LogP contribution in [0.2, 0.25) is 5.02 Å². The molecule has 0 unspecified atom stereocenters. The lowest BCUT2D eigenvalue weighted by molar-refractivity contribution is -0.132. The van der Waals surface area contributed by atoms with E-state index in [4.69, 9.17) is 26.3 Å². The van der Waals surface area contributed by atoms with Crippen LogP contribution in [-0.2, 0) is 4.79 Å². The second kappa shape index (κ2) is 5.89. The Hall–Kier alpha value is -1.25. The standard InChI is InChI=1S/C11H9BrClNO3/c1-3-16-11-9(17-6(2)15)4-8(13)7(5-14)10(11)12/h4H,3H2,1-2H3. The molecular formula is C11H9BrClNO3. The highest BCUT2D eigenvalue weighted by atomic mass is 79.9. The Morgan fingerprint density at radius 2 is 2.29 bits per heavy atom. The number of halogens is 2. The van der Waals surface area contributed by atoms with Crippen LogP contribution in [0.25, 0.3) is 0 Å². The maximum atomic E-state index is 10.9. The monoisotopic (exact) mass is 317 g/mol. The zero-order valence-electron chi connectivity index (χ0n) is 9.21. The van der Waals surface area contributed by atoms with E-state index in [2.05, 4.69) is 15.9 Å². The van der Waals surface area contributed by atoms with Gasteiger partial charge in [0, 0.05) is 13.0 Å². The number of nitrogens with zero attached hydrogens (tertiary/aromatic N) is 1. The molecule has 90 valence electrons. The summed E-state index contributed by atoms with van der Waals surface area (Å²) in [5.74, 6) is -0.00231. The highest BCUT2D eigenvalue weighted by molar-refractivity contribution is 9.10. The lowest BCUT2D eigenvalue weighted by atomic mass is 10.2. The summed E-state index contributed by atoms with van der Waals surface area (Å²) in [6.07, 6.45) is 0. The van der Waals surface area contributed by atoms with Gasteiger partial charge in [0.15, 0.2) is 11.5 Å². The molecule has 0 N–H and O–H groups in total. The van der Waals surface area contributed by atoms with Crippen molar-refractivity contribution in [1.82, 2.24) is 0 Å². The summed E-state index contributed by atoms with van der Waals surface area (Å²) in [4.78, 5) is 10.9. The summed E-state index contributed by atoms with van der Waals surface area (Å²) in [6.45, 7) is 3.43. The van der Waals surface area contributed by atoms with Gasteiger partial charge in [0.1, 0.15) is 6.07 Å². The van der Waals surface area contributed by atoms with Crippen LogP contribution in [0.1, 0.15) is 19.4 Å². The molecule has 0 saturated heterocycles. The van der Waals surface area contributed by atoms with Crippen molar-refractivity contribution >= 4 is 33.5 Å². The molecule has 0 aromatic heterocycles. The molecule has 0 radical (unpaired) electrons. The molecule has 0 fully saturated rings. The molecule has 0 spiro atoms. The van der Waals surface area contributed by atoms with Crippen molar-refractivity contribution in [2.45, 2.75) is 13.8 Å². The van der Waals surface area contributed by atoms with Crippen LogP contribution < -0.4 is 9.47 Å². The molecule has 4 nitrogen and oxygen atoms in total. The van der Waals surface area contributed by atoms with Gasteiger partial charge in [-0.2, -0.15) is 5.26 Å². The van der Waals surface area contributed by atoms with Gasteiger partial charge in [0.05, 0.1) is 21.7 Å². The van der Waals surface area contributed by atoms with Gasteiger partial charge in [-0.05, 0) is 22.9 Å². The molecule has 17 heavy (non-hydrogen) atoms. The van der Waals surface area contributed by atoms with Gasteiger partial charge in [0.25, 0.3) is 0 Å². The number of esters is 1. The van der Waals surface area contributed by atoms with Gasteiger partial charge < -0.3 is 9.47 Å². The van der Waals surface area contributed by atoms with Gasteiger partial charge in [0.2, 0.25) is 0 Å². The first kappa shape index (κ1) is 13.8. The quantitative estimate of drug-likeness (QED) is 0.634. The van der Waals surface area contributed by atoms with E-state index in [9.17, 15) is 4.79 Å². The maximum Gasteiger partial charge on any atom is 0.308 e. The summed E-state index contributed by atoms with van der Waals surface area (Å²) < 4.78 is 10.7. The predicted molar refractivity (Wildman–Crippen MR) is 66.3 cm³/mol. The van der Waals surface area contributed by atoms with Gasteiger partial charge in [-0.3, -0.25) is 4.79 Å². The molecule has 0 amide bonds. The third-order valence-electron chi connectivity index (χ3n) is 1.79. The Labute approximate surface area is 112 Å². The van der Waals surface area contributed by atoms with Crippen LogP contribution in [0.3, 0.4) is 0 Å². The lowest BCUT2D eigenvalue weighted by Gasteiger charge is -2.13. The van der Waals surface area contributed by atoms with Crippen molar-refractivity contribution in [3.8, 4) is 17.6 Å². The number of nitriles is 1. The lowest BCUT2D eigenvalue weighted by Crippen LogP contribution is -2.05. The molecular weight excluding hydrogens is 309 g/mol. The number of carbonyl (C=O) groups excluding carboxylic acids is 1. The fourth-order valence-electron chi connectivity index (χ4n) is 1.19. The Bertz CT molecular complexity index is 496. The van der Waals surface area contributed by atoms with Gasteiger partial charge in [-0.1, -0.05) is 11.6 Å². The molecule has 0 aliphatic rings. The number of ether oxygens (including phenoxy) is 2. The molecule has 1 rings (SSSR count). The molecule has 1 aromatic carbocycles. The number of carbonyl (C=O) groups is 1. The number of rotatable bonds is 3. The van der Waals surface area contributed by atoms with Crippen LogP contribution in [0, 0.1) is 11.3 Å². The molecule has 6 heteroatoms. The van der Waals surface area contributed by atoms with Crippen molar-refractivity contribution in [3.05, 3.63) is 21.1 Å². The fourth-order valence-corrected chi connectivity index (χ4v) is 2.15. The first-order chi connectivity index (χ1) is 8.01. The topological polar surface area (TPSA) is 59.3 Å². The molecule has 0 aliphatic carbocycles. The third kappa shape index (κ3) is 3.11. The van der Waals surface area contributed by atoms with E-state index in [1.807, 2.05) is 6.07 Å². The van der Waals surface area contributed by atoms with E-state index in [1.54, 1.807) is 6.92 Å². The highest BCUT2D eigenvalue weighted by Gasteiger charge is 2.18. The SMILES string of the molecule is CCOc1c(OC(C)=O)cc(Cl)c(C#N)c1Br. The second-order valence-electron chi connectivity index (χ2n) is 3.01. The van der Waals surface area contributed by atoms with Crippen molar-refractivity contribution in [1.29, 1.82) is 5.26 Å². The number of hydrogen-bond donors (Lipinski definition) is 0. The summed E-state index contributed by atoms with van der Waals surface area (Å²) >= 11 is 9.10. The van der Waals surface area contributed by atoms with Crippen molar-refractivity contribution in [2.75, 3.05) is 6.61 Å². The maximum absolute atomic E-state index is 10.9. The van der Waals surface area contributed by atoms with E-state index in [0.29, 0.717) is 16.8 Å². The van der Waals surface area contributed by atoms with Gasteiger partial charge in [-0.15, -0.1) is 0 Å². The van der Waals surface area contributed by atoms with Crippen molar-refractivity contribution in [2.24, 2.45) is 0 Å². The first-order valence-corrected chi connectivity index (χ1v) is 5.91. The second-order valence-corrected chi connectivity index (χ2v) is 4.21. The van der Waals surface area contributed by atoms with E-state index in [-0.39, 0.29) is 16.3 Å². The minimum absolute atomic E-state index is 0.190. The average molecular weight is 319 g/mol. The number of hydrogen-bond acceptors (Lipinski definition) is 4. The van der Waals surface area contributed by atoms with Gasteiger partial charge in [-0.25, -0.2) is 0 Å². The fraction of sp³-hybridized carbons (Fsp3) is 0.273. The Balaban J connectivity index is 3.39. The normalized spacial score (nSPS) is 9.59. The summed E-state index contributed by atoms with van der Waals surface area (Å²) in [5.41, 5.74) is 0.242. The van der Waals surface area contributed by atoms with Crippen LogP contribution >= 0.6 is 27.5 Å². The van der Waals surface area contributed by atoms with Crippen LogP contribution in [0.15, 0.2) is 10.5 Å². The summed E-state index contributed by atoms with van der Waals surface area (Å²) in [7, 11) is 0. The Morgan fingerprint density at radius 3 is 2.76 bits per heavy atom. The van der Waals surface area contributed by atoms with E-state index >= 15 is 0 Å². The van der Waals surface area contributed by atoms with E-state index < -0.39 is 5.97 Å². The van der Waals surface area contributed by atoms with Crippen LogP contribution in [-0.4, -0.2) is 12.6 Å². The Kier molecular flexibility index (Phi) is 4.79. The molecule has 0 heterocycles. The average Bonchev–Trinajstić information content (AvgIpc) is 2.23. The zero-order valence-corrected chi connectivity index (χ0v) is 11.6. The highest BCUT2D eigenvalue weighted by Crippen LogP contribution is 2.41. The smallest absolute Gasteiger partial charge is 0.308 e. The van der Waals surface area contributed by atoms with Crippen molar-refractivity contribution in [3.63, 3.8) is 0 Å². The third-order valence-corrected chi connectivity index (χ3v) is 2.85. The molecule has 0 bridgehead atoms. The summed E-state index contributed by atoms with van der Waals surface area (Å²) in [5, 5.41) is 9.13. The molecule has 1 aromatic rings. The minimum Gasteiger partial charge on any atom is -0.489 e. The minimum atomic E-state index is -0.487. The number of benzene rings is 1. The van der Waals surface area contributed by atoms with Crippen LogP contribution in [0.4, 0.5) is 0 Å². The Morgan fingerprint density at radius 1 is 1.65 bits per heavy atom. The van der Waals surface area contributed by atoms with Crippen LogP contribution in [0.5, 0.6) is 11.5 Å². The predicted octanol–water partition coefficient (Wildman–Crippen LogP) is 3.30. The van der Waals surface area contributed by atoms with E-state index in [1.165, 1.54) is 13.0 Å². The summed E-state index contributed by atoms with van der Waals surface area (Å²) in [6, 6.07) is 3.33. The molecule has 0 atom stereocenters. The van der Waals surface area contributed by atoms with Gasteiger partial charge >= 0.3 is 5.97 Å². The van der Waals surface area contributed by atoms with E-state index in [0.717, 1.165) is 0 Å². The zero-order chi connectivity index (χ0) is 13.0. The first-order valence-electron chi connectivity index (χ1n) is 4.74. The molecule has 0 saturated carbocycles. The largest absolute Gasteiger partial charge is 0.489 e. The molecule has 0 aliphatic heterocycles. The van der Waals surface area contributed by atoms with Crippen molar-refractivity contribution < 1.29 is 14.3 Å².